The lowest BCUT2D eigenvalue weighted by Gasteiger charge is -2.26. The third-order valence-electron chi connectivity index (χ3n) is 6.17. The van der Waals surface area contributed by atoms with Gasteiger partial charge in [0, 0.05) is 28.3 Å². The fourth-order valence-corrected chi connectivity index (χ4v) is 5.64. The molecule has 0 radical (unpaired) electrons. The monoisotopic (exact) mass is 471 g/mol. The minimum absolute atomic E-state index is 0.0963. The van der Waals surface area contributed by atoms with E-state index in [-0.39, 0.29) is 17.8 Å². The first-order chi connectivity index (χ1) is 16.6. The summed E-state index contributed by atoms with van der Waals surface area (Å²) in [6.45, 7) is 4.36. The average Bonchev–Trinajstić information content (AvgIpc) is 3.24. The van der Waals surface area contributed by atoms with Crippen LogP contribution in [0.2, 0.25) is 0 Å². The highest BCUT2D eigenvalue weighted by Gasteiger charge is 2.29. The standard InChI is InChI=1S/C28H26FN3OS/c1-3-32-26(28(33)30-23-15-16-34-24-12-8-7-11-21(23)24)25(20-14-13-18(2)17-22(20)29)31-27(32)19-9-5-4-6-10-19/h4-14,17,23H,3,15-16H2,1-2H3,(H,30,33). The van der Waals surface area contributed by atoms with E-state index in [4.69, 9.17) is 4.98 Å². The van der Waals surface area contributed by atoms with Gasteiger partial charge in [-0.25, -0.2) is 9.37 Å². The second kappa shape index (κ2) is 9.47. The van der Waals surface area contributed by atoms with Crippen LogP contribution in [0.5, 0.6) is 0 Å². The Bertz CT molecular complexity index is 1350. The number of aryl methyl sites for hydroxylation is 1. The molecule has 0 saturated heterocycles. The van der Waals surface area contributed by atoms with Crippen LogP contribution in [-0.2, 0) is 6.54 Å². The number of halogens is 1. The Morgan fingerprint density at radius 3 is 2.65 bits per heavy atom. The number of rotatable bonds is 5. The minimum atomic E-state index is -0.381. The van der Waals surface area contributed by atoms with Crippen molar-refractivity contribution in [2.24, 2.45) is 0 Å². The zero-order valence-electron chi connectivity index (χ0n) is 19.2. The number of nitrogens with zero attached hydrogens (tertiary/aromatic N) is 2. The predicted molar refractivity (Wildman–Crippen MR) is 135 cm³/mol. The highest BCUT2D eigenvalue weighted by Crippen LogP contribution is 2.37. The molecule has 3 aromatic carbocycles. The lowest BCUT2D eigenvalue weighted by molar-refractivity contribution is 0.0926. The molecule has 0 saturated carbocycles. The Morgan fingerprint density at radius 2 is 1.88 bits per heavy atom. The van der Waals surface area contributed by atoms with Gasteiger partial charge in [-0.1, -0.05) is 54.6 Å². The zero-order valence-corrected chi connectivity index (χ0v) is 20.0. The molecule has 1 aliphatic rings. The highest BCUT2D eigenvalue weighted by molar-refractivity contribution is 7.99. The quantitative estimate of drug-likeness (QED) is 0.354. The molecule has 0 bridgehead atoms. The van der Waals surface area contributed by atoms with Crippen molar-refractivity contribution >= 4 is 17.7 Å². The van der Waals surface area contributed by atoms with Crippen molar-refractivity contribution in [2.75, 3.05) is 5.75 Å². The lowest BCUT2D eigenvalue weighted by Crippen LogP contribution is -2.32. The number of imidazole rings is 1. The molecule has 1 amide bonds. The van der Waals surface area contributed by atoms with Crippen molar-refractivity contribution in [3.63, 3.8) is 0 Å². The van der Waals surface area contributed by atoms with Gasteiger partial charge in [0.05, 0.1) is 6.04 Å². The fraction of sp³-hybridized carbons (Fsp3) is 0.214. The molecule has 0 fully saturated rings. The van der Waals surface area contributed by atoms with E-state index < -0.39 is 0 Å². The summed E-state index contributed by atoms with van der Waals surface area (Å²) < 4.78 is 17.0. The lowest BCUT2D eigenvalue weighted by atomic mass is 10.0. The van der Waals surface area contributed by atoms with Crippen molar-refractivity contribution < 1.29 is 9.18 Å². The molecule has 0 aliphatic carbocycles. The molecule has 0 spiro atoms. The maximum absolute atomic E-state index is 15.1. The molecule has 6 heteroatoms. The Kier molecular flexibility index (Phi) is 6.24. The zero-order chi connectivity index (χ0) is 23.7. The van der Waals surface area contributed by atoms with Gasteiger partial charge >= 0.3 is 0 Å². The molecule has 1 N–H and O–H groups in total. The number of aromatic nitrogens is 2. The average molecular weight is 472 g/mol. The summed E-state index contributed by atoms with van der Waals surface area (Å²) in [4.78, 5) is 19.8. The van der Waals surface area contributed by atoms with Gasteiger partial charge in [-0.2, -0.15) is 0 Å². The van der Waals surface area contributed by atoms with E-state index in [2.05, 4.69) is 17.4 Å². The molecule has 172 valence electrons. The fourth-order valence-electron chi connectivity index (χ4n) is 4.52. The Balaban J connectivity index is 1.63. The van der Waals surface area contributed by atoms with Crippen molar-refractivity contribution in [1.29, 1.82) is 0 Å². The Morgan fingerprint density at radius 1 is 1.12 bits per heavy atom. The van der Waals surface area contributed by atoms with Gasteiger partial charge in [-0.3, -0.25) is 4.79 Å². The molecule has 1 atom stereocenters. The summed E-state index contributed by atoms with van der Waals surface area (Å²) in [5, 5.41) is 3.24. The van der Waals surface area contributed by atoms with Crippen LogP contribution in [0, 0.1) is 12.7 Å². The van der Waals surface area contributed by atoms with E-state index >= 15 is 4.39 Å². The van der Waals surface area contributed by atoms with Crippen LogP contribution in [0.15, 0.2) is 77.7 Å². The molecular formula is C28H26FN3OS. The van der Waals surface area contributed by atoms with Crippen molar-refractivity contribution in [3.05, 3.63) is 95.4 Å². The number of amides is 1. The van der Waals surface area contributed by atoms with Gasteiger partial charge in [-0.05, 0) is 49.6 Å². The Labute approximate surface area is 203 Å². The van der Waals surface area contributed by atoms with Crippen molar-refractivity contribution in [3.8, 4) is 22.6 Å². The molecule has 1 aromatic heterocycles. The number of nitrogens with one attached hydrogen (secondary N) is 1. The summed E-state index contributed by atoms with van der Waals surface area (Å²) in [7, 11) is 0. The van der Waals surface area contributed by atoms with Crippen LogP contribution in [-0.4, -0.2) is 21.2 Å². The van der Waals surface area contributed by atoms with E-state index in [9.17, 15) is 4.79 Å². The summed E-state index contributed by atoms with van der Waals surface area (Å²) in [5.74, 6) is 0.971. The van der Waals surface area contributed by atoms with Gasteiger partial charge in [0.1, 0.15) is 23.0 Å². The molecule has 34 heavy (non-hydrogen) atoms. The first-order valence-electron chi connectivity index (χ1n) is 11.5. The van der Waals surface area contributed by atoms with Gasteiger partial charge < -0.3 is 9.88 Å². The van der Waals surface area contributed by atoms with Gasteiger partial charge in [-0.15, -0.1) is 11.8 Å². The SMILES string of the molecule is CCn1c(-c2ccccc2)nc(-c2ccc(C)cc2F)c1C(=O)NC1CCSc2ccccc21. The molecule has 1 aliphatic heterocycles. The van der Waals surface area contributed by atoms with Crippen LogP contribution < -0.4 is 5.32 Å². The molecule has 2 heterocycles. The largest absolute Gasteiger partial charge is 0.344 e. The minimum Gasteiger partial charge on any atom is -0.344 e. The third-order valence-corrected chi connectivity index (χ3v) is 7.30. The van der Waals surface area contributed by atoms with Crippen molar-refractivity contribution in [2.45, 2.75) is 37.8 Å². The number of carbonyl (C=O) groups is 1. The third kappa shape index (κ3) is 4.14. The van der Waals surface area contributed by atoms with E-state index in [1.807, 2.05) is 78.7 Å². The number of thioether (sulfide) groups is 1. The van der Waals surface area contributed by atoms with E-state index in [0.29, 0.717) is 29.3 Å². The number of carbonyl (C=O) groups excluding carboxylic acids is 1. The van der Waals surface area contributed by atoms with Crippen LogP contribution >= 0.6 is 11.8 Å². The van der Waals surface area contributed by atoms with Crippen LogP contribution in [0.3, 0.4) is 0 Å². The van der Waals surface area contributed by atoms with Gasteiger partial charge in [0.25, 0.3) is 5.91 Å². The topological polar surface area (TPSA) is 46.9 Å². The first kappa shape index (κ1) is 22.4. The smallest absolute Gasteiger partial charge is 0.270 e. The van der Waals surface area contributed by atoms with E-state index in [0.717, 1.165) is 28.9 Å². The molecule has 5 rings (SSSR count). The van der Waals surface area contributed by atoms with Gasteiger partial charge in [0.15, 0.2) is 0 Å². The number of hydrogen-bond donors (Lipinski definition) is 1. The maximum Gasteiger partial charge on any atom is 0.270 e. The maximum atomic E-state index is 15.1. The molecule has 4 nitrogen and oxygen atoms in total. The van der Waals surface area contributed by atoms with Crippen molar-refractivity contribution in [1.82, 2.24) is 14.9 Å². The molecule has 4 aromatic rings. The summed E-state index contributed by atoms with van der Waals surface area (Å²) in [6.07, 6.45) is 0.841. The summed E-state index contributed by atoms with van der Waals surface area (Å²) in [6, 6.07) is 22.9. The number of fused-ring (bicyclic) bond motifs is 1. The number of benzene rings is 3. The molecule has 1 unspecified atom stereocenters. The normalized spacial score (nSPS) is 15.1. The predicted octanol–water partition coefficient (Wildman–Crippen LogP) is 6.65. The highest BCUT2D eigenvalue weighted by atomic mass is 32.2. The molecular weight excluding hydrogens is 445 g/mol. The van der Waals surface area contributed by atoms with Gasteiger partial charge in [0.2, 0.25) is 0 Å². The van der Waals surface area contributed by atoms with Crippen LogP contribution in [0.1, 0.15) is 41.0 Å². The van der Waals surface area contributed by atoms with Crippen LogP contribution in [0.4, 0.5) is 4.39 Å². The summed E-state index contributed by atoms with van der Waals surface area (Å²) >= 11 is 1.81. The van der Waals surface area contributed by atoms with E-state index in [1.54, 1.807) is 6.07 Å². The second-order valence-corrected chi connectivity index (χ2v) is 9.56. The number of hydrogen-bond acceptors (Lipinski definition) is 3. The summed E-state index contributed by atoms with van der Waals surface area (Å²) in [5.41, 5.74) is 3.92. The van der Waals surface area contributed by atoms with E-state index in [1.165, 1.54) is 11.0 Å². The van der Waals surface area contributed by atoms with Crippen LogP contribution in [0.25, 0.3) is 22.6 Å². The second-order valence-electron chi connectivity index (χ2n) is 8.43. The Hall–Kier alpha value is -3.38. The first-order valence-corrected chi connectivity index (χ1v) is 12.5.